The van der Waals surface area contributed by atoms with Crippen molar-refractivity contribution >= 4 is 0 Å². The van der Waals surface area contributed by atoms with E-state index in [2.05, 4.69) is 16.1 Å². The Hall–Kier alpha value is -2.72. The molecule has 1 saturated carbocycles. The van der Waals surface area contributed by atoms with Gasteiger partial charge in [0.25, 0.3) is 0 Å². The molecule has 0 amide bonds. The second kappa shape index (κ2) is 13.3. The van der Waals surface area contributed by atoms with Gasteiger partial charge in [0.2, 0.25) is 0 Å². The number of alkyl halides is 5. The number of halogens is 6. The van der Waals surface area contributed by atoms with Gasteiger partial charge >= 0.3 is 12.5 Å². The summed E-state index contributed by atoms with van der Waals surface area (Å²) in [6.07, 6.45) is 0.784. The van der Waals surface area contributed by atoms with Crippen molar-refractivity contribution in [3.63, 3.8) is 0 Å². The predicted octanol–water partition coefficient (Wildman–Crippen LogP) is 8.55. The molecule has 0 radical (unpaired) electrons. The van der Waals surface area contributed by atoms with Crippen LogP contribution in [0.3, 0.4) is 0 Å². The Morgan fingerprint density at radius 1 is 0.850 bits per heavy atom. The lowest BCUT2D eigenvalue weighted by atomic mass is 9.79. The maximum Gasteiger partial charge on any atom is 0.573 e. The van der Waals surface area contributed by atoms with E-state index in [1.165, 1.54) is 12.1 Å². The lowest BCUT2D eigenvalue weighted by Crippen LogP contribution is -2.38. The van der Waals surface area contributed by atoms with Crippen molar-refractivity contribution in [3.8, 4) is 11.5 Å². The minimum absolute atomic E-state index is 0.125. The van der Waals surface area contributed by atoms with E-state index in [-0.39, 0.29) is 6.29 Å². The summed E-state index contributed by atoms with van der Waals surface area (Å²) in [5.74, 6) is -1.86. The van der Waals surface area contributed by atoms with Crippen molar-refractivity contribution in [3.05, 3.63) is 72.1 Å². The number of hydrogen-bond donors (Lipinski definition) is 0. The first kappa shape index (κ1) is 30.2. The molecule has 1 heterocycles. The zero-order valence-electron chi connectivity index (χ0n) is 22.1. The zero-order chi connectivity index (χ0) is 28.8. The van der Waals surface area contributed by atoms with Crippen LogP contribution < -0.4 is 9.47 Å². The Balaban J connectivity index is 1.21. The summed E-state index contributed by atoms with van der Waals surface area (Å²) in [5.41, 5.74) is 0.456. The first-order chi connectivity index (χ1) is 19.0. The summed E-state index contributed by atoms with van der Waals surface area (Å²) in [4.78, 5) is 0. The number of hydrogen-bond acceptors (Lipinski definition) is 4. The van der Waals surface area contributed by atoms with Crippen molar-refractivity contribution in [1.29, 1.82) is 0 Å². The second-order valence-corrected chi connectivity index (χ2v) is 10.5. The second-order valence-electron chi connectivity index (χ2n) is 10.5. The van der Waals surface area contributed by atoms with Gasteiger partial charge in [-0.15, -0.1) is 19.8 Å². The molecule has 4 nitrogen and oxygen atoms in total. The van der Waals surface area contributed by atoms with E-state index in [1.54, 1.807) is 12.1 Å². The van der Waals surface area contributed by atoms with Crippen LogP contribution in [0.4, 0.5) is 26.3 Å². The molecule has 4 rings (SSSR count). The molecule has 0 spiro atoms. The van der Waals surface area contributed by atoms with E-state index in [4.69, 9.17) is 9.47 Å². The summed E-state index contributed by atoms with van der Waals surface area (Å²) in [7, 11) is 0. The van der Waals surface area contributed by atoms with Crippen molar-refractivity contribution in [2.24, 2.45) is 17.8 Å². The van der Waals surface area contributed by atoms with Crippen molar-refractivity contribution in [2.75, 3.05) is 13.2 Å². The molecule has 1 aliphatic heterocycles. The highest BCUT2D eigenvalue weighted by atomic mass is 19.4. The number of ether oxygens (including phenoxy) is 4. The average Bonchev–Trinajstić information content (AvgIpc) is 2.92. The Bertz CT molecular complexity index is 1090. The van der Waals surface area contributed by atoms with Gasteiger partial charge in [-0.25, -0.2) is 4.39 Å². The molecule has 10 heteroatoms. The van der Waals surface area contributed by atoms with E-state index in [1.807, 2.05) is 6.08 Å². The van der Waals surface area contributed by atoms with Gasteiger partial charge in [-0.2, -0.15) is 8.78 Å². The SMILES string of the molecule is C=CCCC1COC(C2CCC(CCc3ccc(C(F)(F)Oc4ccc(OC(F)(F)F)c(F)c4)cc3)CC2)OC1. The molecule has 2 aliphatic rings. The number of benzene rings is 2. The largest absolute Gasteiger partial charge is 0.573 e. The lowest BCUT2D eigenvalue weighted by molar-refractivity contribution is -0.275. The molecular weight excluding hydrogens is 538 g/mol. The molecule has 1 aliphatic carbocycles. The third kappa shape index (κ3) is 8.64. The minimum Gasteiger partial charge on any atom is -0.429 e. The summed E-state index contributed by atoms with van der Waals surface area (Å²) in [6, 6.07) is 7.48. The highest BCUT2D eigenvalue weighted by Crippen LogP contribution is 2.37. The Labute approximate surface area is 230 Å². The topological polar surface area (TPSA) is 36.9 Å². The van der Waals surface area contributed by atoms with Crippen molar-refractivity contribution in [2.45, 2.75) is 70.1 Å². The molecule has 0 unspecified atom stereocenters. The van der Waals surface area contributed by atoms with Crippen LogP contribution in [0.1, 0.15) is 56.1 Å². The molecule has 0 atom stereocenters. The quantitative estimate of drug-likeness (QED) is 0.200. The number of rotatable bonds is 11. The fourth-order valence-corrected chi connectivity index (χ4v) is 5.30. The lowest BCUT2D eigenvalue weighted by Gasteiger charge is -2.37. The van der Waals surface area contributed by atoms with Crippen molar-refractivity contribution < 1.29 is 45.3 Å². The van der Waals surface area contributed by atoms with Gasteiger partial charge in [-0.3, -0.25) is 0 Å². The zero-order valence-corrected chi connectivity index (χ0v) is 22.1. The highest BCUT2D eigenvalue weighted by molar-refractivity contribution is 5.34. The van der Waals surface area contributed by atoms with Crippen LogP contribution in [0, 0.1) is 23.6 Å². The van der Waals surface area contributed by atoms with Crippen LogP contribution >= 0.6 is 0 Å². The van der Waals surface area contributed by atoms with E-state index < -0.39 is 35.4 Å². The van der Waals surface area contributed by atoms with E-state index in [9.17, 15) is 26.3 Å². The Morgan fingerprint density at radius 3 is 2.12 bits per heavy atom. The third-order valence-corrected chi connectivity index (χ3v) is 7.55. The minimum atomic E-state index is -5.11. The smallest absolute Gasteiger partial charge is 0.429 e. The maximum absolute atomic E-state index is 14.6. The van der Waals surface area contributed by atoms with Gasteiger partial charge in [-0.05, 0) is 87.1 Å². The molecule has 40 heavy (non-hydrogen) atoms. The Morgan fingerprint density at radius 2 is 1.52 bits per heavy atom. The first-order valence-electron chi connectivity index (χ1n) is 13.6. The third-order valence-electron chi connectivity index (χ3n) is 7.55. The van der Waals surface area contributed by atoms with Crippen molar-refractivity contribution in [1.82, 2.24) is 0 Å². The molecule has 220 valence electrons. The Kier molecular flexibility index (Phi) is 10.1. The summed E-state index contributed by atoms with van der Waals surface area (Å²) >= 11 is 0. The molecule has 1 saturated heterocycles. The molecule has 0 bridgehead atoms. The summed E-state index contributed by atoms with van der Waals surface area (Å²) in [5, 5.41) is 0. The van der Waals surface area contributed by atoms with E-state index in [0.29, 0.717) is 29.9 Å². The molecule has 2 aromatic rings. The summed E-state index contributed by atoms with van der Waals surface area (Å²) in [6.45, 7) is 5.23. The van der Waals surface area contributed by atoms with Crippen LogP contribution in [0.5, 0.6) is 11.5 Å². The van der Waals surface area contributed by atoms with Gasteiger partial charge < -0.3 is 18.9 Å². The van der Waals surface area contributed by atoms with Crippen LogP contribution in [0.15, 0.2) is 55.1 Å². The molecule has 0 N–H and O–H groups in total. The first-order valence-corrected chi connectivity index (χ1v) is 13.6. The van der Waals surface area contributed by atoms with E-state index >= 15 is 0 Å². The fraction of sp³-hybridized carbons (Fsp3) is 0.533. The number of aryl methyl sites for hydroxylation is 1. The normalized spacial score (nSPS) is 23.9. The number of allylic oxidation sites excluding steroid dienone is 1. The van der Waals surface area contributed by atoms with Crippen LogP contribution in [-0.2, 0) is 22.0 Å². The summed E-state index contributed by atoms with van der Waals surface area (Å²) < 4.78 is 100. The van der Waals surface area contributed by atoms with Gasteiger partial charge in [-0.1, -0.05) is 18.2 Å². The monoisotopic (exact) mass is 572 g/mol. The average molecular weight is 573 g/mol. The van der Waals surface area contributed by atoms with Crippen LogP contribution in [0.2, 0.25) is 0 Å². The molecule has 0 aromatic heterocycles. The van der Waals surface area contributed by atoms with E-state index in [0.717, 1.165) is 76.2 Å². The predicted molar refractivity (Wildman–Crippen MR) is 136 cm³/mol. The standard InChI is InChI=1S/C30H34F6O4/c1-2-3-4-22-18-37-28(38-19-22)23-11-7-20(8-12-23)5-6-21-9-13-24(14-10-21)29(32,33)39-25-15-16-27(26(31)17-25)40-30(34,35)36/h2,9-10,13-17,20,22-23,28H,1,3-8,11-12,18-19H2. The van der Waals surface area contributed by atoms with Crippen LogP contribution in [0.25, 0.3) is 0 Å². The molecule has 2 aromatic carbocycles. The van der Waals surface area contributed by atoms with Gasteiger partial charge in [0.1, 0.15) is 5.75 Å². The molecule has 2 fully saturated rings. The van der Waals surface area contributed by atoms with Gasteiger partial charge in [0.05, 0.1) is 18.8 Å². The van der Waals surface area contributed by atoms with Gasteiger partial charge in [0.15, 0.2) is 17.9 Å². The van der Waals surface area contributed by atoms with Crippen LogP contribution in [-0.4, -0.2) is 25.9 Å². The molecular formula is C30H34F6O4. The fourth-order valence-electron chi connectivity index (χ4n) is 5.30. The maximum atomic E-state index is 14.6. The van der Waals surface area contributed by atoms with Gasteiger partial charge in [0, 0.05) is 17.9 Å². The highest BCUT2D eigenvalue weighted by Gasteiger charge is 2.36.